The van der Waals surface area contributed by atoms with Gasteiger partial charge in [0.05, 0.1) is 13.0 Å². The summed E-state index contributed by atoms with van der Waals surface area (Å²) in [6.07, 6.45) is -0.528. The van der Waals surface area contributed by atoms with Gasteiger partial charge in [0.1, 0.15) is 11.5 Å². The highest BCUT2D eigenvalue weighted by molar-refractivity contribution is 6.31. The van der Waals surface area contributed by atoms with E-state index in [1.54, 1.807) is 49.4 Å². The fraction of sp³-hybridized carbons (Fsp3) is 0.263. The summed E-state index contributed by atoms with van der Waals surface area (Å²) in [5.41, 5.74) is 6.54. The van der Waals surface area contributed by atoms with Crippen molar-refractivity contribution in [2.45, 2.75) is 26.4 Å². The molecule has 0 radical (unpaired) electrons. The summed E-state index contributed by atoms with van der Waals surface area (Å²) in [6, 6.07) is 12.0. The molecule has 0 heterocycles. The number of primary amides is 1. The lowest BCUT2D eigenvalue weighted by Gasteiger charge is -2.15. The van der Waals surface area contributed by atoms with Crippen LogP contribution in [0.25, 0.3) is 0 Å². The van der Waals surface area contributed by atoms with Gasteiger partial charge in [-0.2, -0.15) is 0 Å². The predicted octanol–water partition coefficient (Wildman–Crippen LogP) is 3.31. The summed E-state index contributed by atoms with van der Waals surface area (Å²) in [5.74, 6) is 0.469. The molecule has 138 valence electrons. The van der Waals surface area contributed by atoms with Crippen molar-refractivity contribution in [3.05, 3.63) is 53.1 Å². The molecule has 0 aliphatic rings. The lowest BCUT2D eigenvalue weighted by molar-refractivity contribution is -0.122. The molecule has 0 saturated carbocycles. The number of hydrogen-bond donors (Lipinski definition) is 2. The van der Waals surface area contributed by atoms with Gasteiger partial charge in [-0.3, -0.25) is 9.59 Å². The number of amides is 2. The van der Waals surface area contributed by atoms with Crippen LogP contribution in [0.2, 0.25) is 5.02 Å². The Hall–Kier alpha value is -2.73. The van der Waals surface area contributed by atoms with Gasteiger partial charge in [0.15, 0.2) is 6.10 Å². The third kappa shape index (κ3) is 5.97. The van der Waals surface area contributed by atoms with Crippen molar-refractivity contribution < 1.29 is 19.1 Å². The maximum atomic E-state index is 12.3. The van der Waals surface area contributed by atoms with Crippen LogP contribution >= 0.6 is 11.6 Å². The number of hydrogen-bond acceptors (Lipinski definition) is 4. The Balaban J connectivity index is 1.87. The van der Waals surface area contributed by atoms with Crippen LogP contribution in [-0.2, 0) is 9.59 Å². The van der Waals surface area contributed by atoms with E-state index in [1.165, 1.54) is 0 Å². The molecule has 0 aliphatic carbocycles. The highest BCUT2D eigenvalue weighted by Crippen LogP contribution is 2.22. The van der Waals surface area contributed by atoms with Crippen LogP contribution in [0.5, 0.6) is 11.5 Å². The van der Waals surface area contributed by atoms with Crippen molar-refractivity contribution in [2.75, 3.05) is 11.9 Å². The van der Waals surface area contributed by atoms with Gasteiger partial charge in [0.2, 0.25) is 5.91 Å². The summed E-state index contributed by atoms with van der Waals surface area (Å²) < 4.78 is 11.0. The Morgan fingerprint density at radius 1 is 1.15 bits per heavy atom. The summed E-state index contributed by atoms with van der Waals surface area (Å²) in [5, 5.41) is 3.42. The molecule has 26 heavy (non-hydrogen) atoms. The molecule has 2 amide bonds. The smallest absolute Gasteiger partial charge is 0.265 e. The number of carbonyl (C=O) groups is 2. The topological polar surface area (TPSA) is 90.7 Å². The molecule has 2 aromatic rings. The van der Waals surface area contributed by atoms with Crippen molar-refractivity contribution in [3.63, 3.8) is 0 Å². The molecule has 0 aliphatic heterocycles. The van der Waals surface area contributed by atoms with E-state index in [4.69, 9.17) is 26.8 Å². The molecule has 3 N–H and O–H groups in total. The largest absolute Gasteiger partial charge is 0.493 e. The quantitative estimate of drug-likeness (QED) is 0.739. The molecular weight excluding hydrogens is 356 g/mol. The zero-order chi connectivity index (χ0) is 19.1. The molecule has 2 aromatic carbocycles. The Kier molecular flexibility index (Phi) is 6.86. The van der Waals surface area contributed by atoms with Crippen LogP contribution in [0.1, 0.15) is 18.9 Å². The van der Waals surface area contributed by atoms with Crippen molar-refractivity contribution >= 4 is 29.1 Å². The molecule has 0 spiro atoms. The second kappa shape index (κ2) is 9.10. The molecule has 1 atom stereocenters. The fourth-order valence-electron chi connectivity index (χ4n) is 2.10. The minimum absolute atomic E-state index is 0.150. The third-order valence-corrected chi connectivity index (χ3v) is 3.97. The van der Waals surface area contributed by atoms with Crippen LogP contribution in [-0.4, -0.2) is 24.5 Å². The lowest BCUT2D eigenvalue weighted by Crippen LogP contribution is -2.30. The first-order valence-electron chi connectivity index (χ1n) is 8.10. The van der Waals surface area contributed by atoms with E-state index in [9.17, 15) is 9.59 Å². The van der Waals surface area contributed by atoms with Gasteiger partial charge < -0.3 is 20.5 Å². The molecule has 0 fully saturated rings. The van der Waals surface area contributed by atoms with E-state index in [2.05, 4.69) is 5.32 Å². The SMILES string of the molecule is Cc1cc(OC(C)C(=O)Nc2ccc(OCCC(N)=O)cc2)ccc1Cl. The standard InChI is InChI=1S/C19H21ClN2O4/c1-12-11-16(7-8-17(12)20)26-13(2)19(24)22-14-3-5-15(6-4-14)25-10-9-18(21)23/h3-8,11,13H,9-10H2,1-2H3,(H2,21,23)(H,22,24). The second-order valence-corrected chi connectivity index (χ2v) is 6.16. The number of rotatable bonds is 8. The van der Waals surface area contributed by atoms with Gasteiger partial charge in [-0.05, 0) is 61.9 Å². The number of nitrogens with two attached hydrogens (primary N) is 1. The number of halogens is 1. The number of carbonyl (C=O) groups excluding carboxylic acids is 2. The minimum Gasteiger partial charge on any atom is -0.493 e. The van der Waals surface area contributed by atoms with Crippen molar-refractivity contribution in [3.8, 4) is 11.5 Å². The summed E-state index contributed by atoms with van der Waals surface area (Å²) in [7, 11) is 0. The molecule has 2 rings (SSSR count). The molecule has 0 bridgehead atoms. The highest BCUT2D eigenvalue weighted by atomic mass is 35.5. The monoisotopic (exact) mass is 376 g/mol. The van der Waals surface area contributed by atoms with Crippen LogP contribution < -0.4 is 20.5 Å². The second-order valence-electron chi connectivity index (χ2n) is 5.75. The molecule has 0 saturated heterocycles. The van der Waals surface area contributed by atoms with Crippen LogP contribution in [0.15, 0.2) is 42.5 Å². The van der Waals surface area contributed by atoms with Crippen LogP contribution in [0, 0.1) is 6.92 Å². The Bertz CT molecular complexity index is 778. The Morgan fingerprint density at radius 2 is 1.81 bits per heavy atom. The fourth-order valence-corrected chi connectivity index (χ4v) is 2.21. The van der Waals surface area contributed by atoms with Gasteiger partial charge in [-0.15, -0.1) is 0 Å². The normalized spacial score (nSPS) is 11.5. The van der Waals surface area contributed by atoms with E-state index < -0.39 is 12.0 Å². The zero-order valence-electron chi connectivity index (χ0n) is 14.6. The van der Waals surface area contributed by atoms with Gasteiger partial charge in [0, 0.05) is 10.7 Å². The van der Waals surface area contributed by atoms with Crippen molar-refractivity contribution in [1.82, 2.24) is 0 Å². The van der Waals surface area contributed by atoms with E-state index in [1.807, 2.05) is 6.92 Å². The molecule has 1 unspecified atom stereocenters. The Labute approximate surface area is 157 Å². The Morgan fingerprint density at radius 3 is 2.42 bits per heavy atom. The maximum absolute atomic E-state index is 12.3. The van der Waals surface area contributed by atoms with Crippen molar-refractivity contribution in [2.24, 2.45) is 5.73 Å². The maximum Gasteiger partial charge on any atom is 0.265 e. The molecule has 7 heteroatoms. The number of anilines is 1. The van der Waals surface area contributed by atoms with E-state index in [-0.39, 0.29) is 18.9 Å². The first-order chi connectivity index (χ1) is 12.3. The van der Waals surface area contributed by atoms with Crippen molar-refractivity contribution in [1.29, 1.82) is 0 Å². The number of aryl methyl sites for hydroxylation is 1. The summed E-state index contributed by atoms with van der Waals surface area (Å²) in [6.45, 7) is 3.75. The van der Waals surface area contributed by atoms with Gasteiger partial charge in [-0.1, -0.05) is 11.6 Å². The number of nitrogens with one attached hydrogen (secondary N) is 1. The van der Waals surface area contributed by atoms with Gasteiger partial charge in [0.25, 0.3) is 5.91 Å². The highest BCUT2D eigenvalue weighted by Gasteiger charge is 2.15. The summed E-state index contributed by atoms with van der Waals surface area (Å²) in [4.78, 5) is 22.9. The van der Waals surface area contributed by atoms with E-state index in [0.717, 1.165) is 5.56 Å². The first kappa shape index (κ1) is 19.6. The van der Waals surface area contributed by atoms with Gasteiger partial charge in [-0.25, -0.2) is 0 Å². The number of ether oxygens (including phenoxy) is 2. The van der Waals surface area contributed by atoms with Crippen LogP contribution in [0.3, 0.4) is 0 Å². The predicted molar refractivity (Wildman–Crippen MR) is 101 cm³/mol. The first-order valence-corrected chi connectivity index (χ1v) is 8.48. The molecule has 0 aromatic heterocycles. The van der Waals surface area contributed by atoms with E-state index >= 15 is 0 Å². The summed E-state index contributed by atoms with van der Waals surface area (Å²) >= 11 is 5.98. The van der Waals surface area contributed by atoms with Crippen LogP contribution in [0.4, 0.5) is 5.69 Å². The van der Waals surface area contributed by atoms with Gasteiger partial charge >= 0.3 is 0 Å². The zero-order valence-corrected chi connectivity index (χ0v) is 15.4. The average Bonchev–Trinajstić information content (AvgIpc) is 2.59. The number of benzene rings is 2. The van der Waals surface area contributed by atoms with E-state index in [0.29, 0.717) is 22.2 Å². The third-order valence-electron chi connectivity index (χ3n) is 3.55. The minimum atomic E-state index is -0.679. The lowest BCUT2D eigenvalue weighted by atomic mass is 10.2. The molecule has 6 nitrogen and oxygen atoms in total. The average molecular weight is 377 g/mol. The molecular formula is C19H21ClN2O4.